The molecule has 0 aliphatic rings. The maximum absolute atomic E-state index is 5.71. The summed E-state index contributed by atoms with van der Waals surface area (Å²) in [6.07, 6.45) is 0. The highest BCUT2D eigenvalue weighted by atomic mass is 35.5. The molecule has 0 saturated heterocycles. The van der Waals surface area contributed by atoms with Crippen LogP contribution in [0, 0.1) is 0 Å². The summed E-state index contributed by atoms with van der Waals surface area (Å²) in [6.45, 7) is 0. The van der Waals surface area contributed by atoms with Gasteiger partial charge in [0.15, 0.2) is 11.5 Å². The summed E-state index contributed by atoms with van der Waals surface area (Å²) in [4.78, 5) is 4.08. The van der Waals surface area contributed by atoms with Crippen LogP contribution in [0.1, 0.15) is 0 Å². The van der Waals surface area contributed by atoms with Crippen LogP contribution >= 0.6 is 11.6 Å². The molecule has 0 aliphatic carbocycles. The lowest BCUT2D eigenvalue weighted by Gasteiger charge is -1.92. The number of nitrogens with two attached hydrogens (primary N) is 1. The first-order valence-corrected chi connectivity index (χ1v) is 3.81. The van der Waals surface area contributed by atoms with E-state index >= 15 is 0 Å². The largest absolute Gasteiger partial charge is 0.382 e. The Bertz CT molecular complexity index is 434. The Labute approximate surface area is 73.9 Å². The van der Waals surface area contributed by atoms with Crippen molar-refractivity contribution in [2.45, 2.75) is 0 Å². The second-order valence-corrected chi connectivity index (χ2v) is 2.90. The Morgan fingerprint density at radius 1 is 1.50 bits per heavy atom. The van der Waals surface area contributed by atoms with Crippen LogP contribution < -0.4 is 5.73 Å². The van der Waals surface area contributed by atoms with E-state index < -0.39 is 0 Å². The zero-order valence-electron chi connectivity index (χ0n) is 6.45. The second-order valence-electron chi connectivity index (χ2n) is 2.51. The molecule has 0 aromatic carbocycles. The van der Waals surface area contributed by atoms with E-state index in [1.54, 1.807) is 17.8 Å². The maximum Gasteiger partial charge on any atom is 0.161 e. The van der Waals surface area contributed by atoms with Crippen molar-refractivity contribution in [2.24, 2.45) is 7.05 Å². The molecular weight excluding hydrogens is 176 g/mol. The fourth-order valence-electron chi connectivity index (χ4n) is 1.13. The van der Waals surface area contributed by atoms with E-state index in [9.17, 15) is 0 Å². The van der Waals surface area contributed by atoms with E-state index in [0.717, 1.165) is 5.39 Å². The van der Waals surface area contributed by atoms with Crippen LogP contribution in [0.25, 0.3) is 11.0 Å². The molecule has 0 radical (unpaired) electrons. The lowest BCUT2D eigenvalue weighted by atomic mass is 10.3. The number of pyridine rings is 1. The van der Waals surface area contributed by atoms with Crippen molar-refractivity contribution in [2.75, 3.05) is 5.73 Å². The molecule has 5 heteroatoms. The Hall–Kier alpha value is -1.29. The summed E-state index contributed by atoms with van der Waals surface area (Å²) in [6, 6.07) is 3.51. The first kappa shape index (κ1) is 7.36. The number of anilines is 1. The molecule has 0 aliphatic heterocycles. The maximum atomic E-state index is 5.71. The molecule has 2 rings (SSSR count). The zero-order chi connectivity index (χ0) is 8.72. The van der Waals surface area contributed by atoms with Crippen molar-refractivity contribution in [3.63, 3.8) is 0 Å². The molecule has 0 unspecified atom stereocenters. The molecule has 0 amide bonds. The molecule has 0 atom stereocenters. The van der Waals surface area contributed by atoms with Gasteiger partial charge in [-0.25, -0.2) is 9.67 Å². The van der Waals surface area contributed by atoms with Crippen molar-refractivity contribution in [3.8, 4) is 0 Å². The Morgan fingerprint density at radius 3 is 3.00 bits per heavy atom. The van der Waals surface area contributed by atoms with Gasteiger partial charge >= 0.3 is 0 Å². The molecule has 0 saturated carbocycles. The quantitative estimate of drug-likeness (QED) is 0.623. The SMILES string of the molecule is Cn1nc(N)c2ccc(Cl)nc21. The number of rotatable bonds is 0. The molecule has 12 heavy (non-hydrogen) atoms. The van der Waals surface area contributed by atoms with Crippen LogP contribution in [0.4, 0.5) is 5.82 Å². The van der Waals surface area contributed by atoms with Crippen LogP contribution in [-0.4, -0.2) is 14.8 Å². The highest BCUT2D eigenvalue weighted by Crippen LogP contribution is 2.19. The van der Waals surface area contributed by atoms with Gasteiger partial charge in [0, 0.05) is 7.05 Å². The normalized spacial score (nSPS) is 10.8. The van der Waals surface area contributed by atoms with E-state index in [-0.39, 0.29) is 0 Å². The van der Waals surface area contributed by atoms with E-state index in [1.807, 2.05) is 6.07 Å². The highest BCUT2D eigenvalue weighted by Gasteiger charge is 2.05. The number of aromatic nitrogens is 3. The molecule has 2 aromatic heterocycles. The molecule has 0 bridgehead atoms. The van der Waals surface area contributed by atoms with Gasteiger partial charge in [-0.15, -0.1) is 0 Å². The molecule has 2 heterocycles. The van der Waals surface area contributed by atoms with Crippen LogP contribution in [0.5, 0.6) is 0 Å². The topological polar surface area (TPSA) is 56.7 Å². The van der Waals surface area contributed by atoms with Gasteiger partial charge in [0.25, 0.3) is 0 Å². The Kier molecular flexibility index (Phi) is 1.44. The first-order valence-electron chi connectivity index (χ1n) is 3.43. The zero-order valence-corrected chi connectivity index (χ0v) is 7.21. The van der Waals surface area contributed by atoms with Gasteiger partial charge in [-0.05, 0) is 12.1 Å². The lowest BCUT2D eigenvalue weighted by molar-refractivity contribution is 0.791. The number of halogens is 1. The Morgan fingerprint density at radius 2 is 2.25 bits per heavy atom. The van der Waals surface area contributed by atoms with Crippen molar-refractivity contribution in [1.29, 1.82) is 0 Å². The van der Waals surface area contributed by atoms with Crippen molar-refractivity contribution < 1.29 is 0 Å². The average Bonchev–Trinajstić information content (AvgIpc) is 2.28. The number of hydrogen-bond acceptors (Lipinski definition) is 3. The summed E-state index contributed by atoms with van der Waals surface area (Å²) >= 11 is 5.71. The van der Waals surface area contributed by atoms with Crippen LogP contribution in [0.2, 0.25) is 5.15 Å². The number of aryl methyl sites for hydroxylation is 1. The highest BCUT2D eigenvalue weighted by molar-refractivity contribution is 6.29. The number of fused-ring (bicyclic) bond motifs is 1. The molecule has 2 N–H and O–H groups in total. The third-order valence-corrected chi connectivity index (χ3v) is 1.89. The molecule has 2 aromatic rings. The predicted molar refractivity (Wildman–Crippen MR) is 47.9 cm³/mol. The van der Waals surface area contributed by atoms with E-state index in [1.165, 1.54) is 0 Å². The summed E-state index contributed by atoms with van der Waals surface area (Å²) in [5, 5.41) is 5.29. The minimum absolute atomic E-state index is 0.450. The van der Waals surface area contributed by atoms with Gasteiger partial charge in [0.2, 0.25) is 0 Å². The Balaban J connectivity index is 2.90. The summed E-state index contributed by atoms with van der Waals surface area (Å²) < 4.78 is 1.61. The van der Waals surface area contributed by atoms with Gasteiger partial charge in [0.05, 0.1) is 5.39 Å². The van der Waals surface area contributed by atoms with E-state index in [2.05, 4.69) is 10.1 Å². The molecule has 4 nitrogen and oxygen atoms in total. The molecular formula is C7H7ClN4. The van der Waals surface area contributed by atoms with E-state index in [0.29, 0.717) is 16.6 Å². The average molecular weight is 183 g/mol. The lowest BCUT2D eigenvalue weighted by Crippen LogP contribution is -1.92. The monoisotopic (exact) mass is 182 g/mol. The van der Waals surface area contributed by atoms with Gasteiger partial charge in [-0.3, -0.25) is 0 Å². The van der Waals surface area contributed by atoms with Crippen LogP contribution in [0.3, 0.4) is 0 Å². The first-order chi connectivity index (χ1) is 5.68. The summed E-state index contributed by atoms with van der Waals surface area (Å²) in [5.74, 6) is 0.483. The number of nitrogen functional groups attached to an aromatic ring is 1. The summed E-state index contributed by atoms with van der Waals surface area (Å²) in [7, 11) is 1.78. The van der Waals surface area contributed by atoms with Gasteiger partial charge in [0.1, 0.15) is 5.15 Å². The van der Waals surface area contributed by atoms with Gasteiger partial charge in [-0.1, -0.05) is 11.6 Å². The third kappa shape index (κ3) is 0.921. The second kappa shape index (κ2) is 2.35. The minimum Gasteiger partial charge on any atom is -0.382 e. The molecule has 62 valence electrons. The minimum atomic E-state index is 0.450. The van der Waals surface area contributed by atoms with Crippen molar-refractivity contribution in [3.05, 3.63) is 17.3 Å². The van der Waals surface area contributed by atoms with Crippen LogP contribution in [-0.2, 0) is 7.05 Å². The standard InChI is InChI=1S/C7H7ClN4/c1-12-7-4(6(9)11-12)2-3-5(8)10-7/h2-3H,1H3,(H2,9,11). The molecule has 0 spiro atoms. The van der Waals surface area contributed by atoms with Crippen molar-refractivity contribution in [1.82, 2.24) is 14.8 Å². The third-order valence-electron chi connectivity index (χ3n) is 1.68. The van der Waals surface area contributed by atoms with Gasteiger partial charge in [-0.2, -0.15) is 5.10 Å². The van der Waals surface area contributed by atoms with Gasteiger partial charge < -0.3 is 5.73 Å². The predicted octanol–water partition coefficient (Wildman–Crippen LogP) is 1.20. The molecule has 0 fully saturated rings. The smallest absolute Gasteiger partial charge is 0.161 e. The number of hydrogen-bond donors (Lipinski definition) is 1. The fraction of sp³-hybridized carbons (Fsp3) is 0.143. The fourth-order valence-corrected chi connectivity index (χ4v) is 1.28. The van der Waals surface area contributed by atoms with Crippen molar-refractivity contribution >= 4 is 28.5 Å². The number of nitrogens with zero attached hydrogens (tertiary/aromatic N) is 3. The van der Waals surface area contributed by atoms with E-state index in [4.69, 9.17) is 17.3 Å². The summed E-state index contributed by atoms with van der Waals surface area (Å²) in [5.41, 5.74) is 6.32. The van der Waals surface area contributed by atoms with Crippen LogP contribution in [0.15, 0.2) is 12.1 Å².